The van der Waals surface area contributed by atoms with Gasteiger partial charge in [0.25, 0.3) is 0 Å². The highest BCUT2D eigenvalue weighted by molar-refractivity contribution is 4.99. The lowest BCUT2D eigenvalue weighted by atomic mass is 9.83. The maximum Gasteiger partial charge on any atom is 0.123 e. The highest BCUT2D eigenvalue weighted by Gasteiger charge is 2.42. The molecule has 2 unspecified atom stereocenters. The SMILES string of the molecule is FC1CCOCC12CCCCN2. The summed E-state index contributed by atoms with van der Waals surface area (Å²) in [6.45, 7) is 2.10. The minimum atomic E-state index is -0.702. The third-order valence-corrected chi connectivity index (χ3v) is 3.00. The summed E-state index contributed by atoms with van der Waals surface area (Å²) < 4.78 is 18.9. The van der Waals surface area contributed by atoms with Gasteiger partial charge in [-0.15, -0.1) is 0 Å². The van der Waals surface area contributed by atoms with E-state index < -0.39 is 6.17 Å². The summed E-state index contributed by atoms with van der Waals surface area (Å²) in [5.74, 6) is 0. The van der Waals surface area contributed by atoms with Crippen LogP contribution in [0.5, 0.6) is 0 Å². The van der Waals surface area contributed by atoms with E-state index in [-0.39, 0.29) is 5.54 Å². The second-order valence-electron chi connectivity index (χ2n) is 3.85. The van der Waals surface area contributed by atoms with E-state index in [1.807, 2.05) is 0 Å². The van der Waals surface area contributed by atoms with Crippen LogP contribution in [-0.2, 0) is 4.74 Å². The second kappa shape index (κ2) is 3.30. The minimum Gasteiger partial charge on any atom is -0.379 e. The van der Waals surface area contributed by atoms with Gasteiger partial charge in [0.05, 0.1) is 12.1 Å². The van der Waals surface area contributed by atoms with E-state index >= 15 is 0 Å². The summed E-state index contributed by atoms with van der Waals surface area (Å²) in [6.07, 6.45) is 3.11. The lowest BCUT2D eigenvalue weighted by molar-refractivity contribution is -0.0450. The van der Waals surface area contributed by atoms with Crippen LogP contribution in [0.2, 0.25) is 0 Å². The first kappa shape index (κ1) is 8.45. The molecule has 2 aliphatic heterocycles. The van der Waals surface area contributed by atoms with Gasteiger partial charge in [0.2, 0.25) is 0 Å². The van der Waals surface area contributed by atoms with Gasteiger partial charge in [-0.1, -0.05) is 6.42 Å². The van der Waals surface area contributed by atoms with Gasteiger partial charge in [-0.25, -0.2) is 4.39 Å². The molecule has 2 aliphatic rings. The fourth-order valence-electron chi connectivity index (χ4n) is 2.19. The number of halogens is 1. The van der Waals surface area contributed by atoms with Crippen molar-refractivity contribution in [2.45, 2.75) is 37.4 Å². The first-order chi connectivity index (χ1) is 5.83. The lowest BCUT2D eigenvalue weighted by Crippen LogP contribution is -2.60. The molecule has 0 radical (unpaired) electrons. The zero-order chi connectivity index (χ0) is 8.44. The molecule has 2 heterocycles. The summed E-state index contributed by atoms with van der Waals surface area (Å²) in [5, 5.41) is 3.28. The van der Waals surface area contributed by atoms with E-state index in [0.717, 1.165) is 19.4 Å². The van der Waals surface area contributed by atoms with E-state index in [9.17, 15) is 4.39 Å². The molecule has 0 aromatic carbocycles. The highest BCUT2D eigenvalue weighted by Crippen LogP contribution is 2.30. The van der Waals surface area contributed by atoms with Crippen LogP contribution in [0.3, 0.4) is 0 Å². The van der Waals surface area contributed by atoms with E-state index in [4.69, 9.17) is 4.74 Å². The van der Waals surface area contributed by atoms with E-state index in [1.165, 1.54) is 6.42 Å². The Morgan fingerprint density at radius 1 is 1.42 bits per heavy atom. The number of nitrogens with one attached hydrogen (secondary N) is 1. The fourth-order valence-corrected chi connectivity index (χ4v) is 2.19. The van der Waals surface area contributed by atoms with Crippen molar-refractivity contribution < 1.29 is 9.13 Å². The molecule has 12 heavy (non-hydrogen) atoms. The van der Waals surface area contributed by atoms with Crippen molar-refractivity contribution in [2.75, 3.05) is 19.8 Å². The lowest BCUT2D eigenvalue weighted by Gasteiger charge is -2.43. The highest BCUT2D eigenvalue weighted by atomic mass is 19.1. The summed E-state index contributed by atoms with van der Waals surface area (Å²) in [6, 6.07) is 0. The molecular weight excluding hydrogens is 157 g/mol. The van der Waals surface area contributed by atoms with Gasteiger partial charge in [0.1, 0.15) is 6.17 Å². The van der Waals surface area contributed by atoms with Gasteiger partial charge in [-0.2, -0.15) is 0 Å². The Labute approximate surface area is 72.5 Å². The van der Waals surface area contributed by atoms with Crippen LogP contribution < -0.4 is 5.32 Å². The molecule has 2 fully saturated rings. The first-order valence-electron chi connectivity index (χ1n) is 4.80. The smallest absolute Gasteiger partial charge is 0.123 e. The van der Waals surface area contributed by atoms with Crippen LogP contribution in [0.1, 0.15) is 25.7 Å². The van der Waals surface area contributed by atoms with Crippen LogP contribution in [0.25, 0.3) is 0 Å². The fraction of sp³-hybridized carbons (Fsp3) is 1.00. The van der Waals surface area contributed by atoms with Gasteiger partial charge < -0.3 is 10.1 Å². The molecule has 0 amide bonds. The molecular formula is C9H16FNO. The van der Waals surface area contributed by atoms with Crippen molar-refractivity contribution >= 4 is 0 Å². The van der Waals surface area contributed by atoms with Crippen molar-refractivity contribution in [1.82, 2.24) is 5.32 Å². The maximum absolute atomic E-state index is 13.6. The predicted molar refractivity (Wildman–Crippen MR) is 44.9 cm³/mol. The second-order valence-corrected chi connectivity index (χ2v) is 3.85. The number of alkyl halides is 1. The van der Waals surface area contributed by atoms with E-state index in [0.29, 0.717) is 19.6 Å². The number of hydrogen-bond acceptors (Lipinski definition) is 2. The molecule has 0 aliphatic carbocycles. The Morgan fingerprint density at radius 2 is 2.33 bits per heavy atom. The Balaban J connectivity index is 2.04. The Hall–Kier alpha value is -0.150. The molecule has 0 aromatic rings. The van der Waals surface area contributed by atoms with Crippen LogP contribution >= 0.6 is 0 Å². The van der Waals surface area contributed by atoms with Crippen molar-refractivity contribution in [3.63, 3.8) is 0 Å². The monoisotopic (exact) mass is 173 g/mol. The van der Waals surface area contributed by atoms with Crippen molar-refractivity contribution in [1.29, 1.82) is 0 Å². The molecule has 2 rings (SSSR count). The number of hydrogen-bond donors (Lipinski definition) is 1. The number of ether oxygens (including phenoxy) is 1. The first-order valence-corrected chi connectivity index (χ1v) is 4.80. The van der Waals surface area contributed by atoms with Crippen molar-refractivity contribution in [3.05, 3.63) is 0 Å². The third kappa shape index (κ3) is 1.36. The minimum absolute atomic E-state index is 0.323. The molecule has 70 valence electrons. The molecule has 2 atom stereocenters. The molecule has 1 N–H and O–H groups in total. The van der Waals surface area contributed by atoms with Gasteiger partial charge in [0.15, 0.2) is 0 Å². The average Bonchev–Trinajstić information content (AvgIpc) is 2.12. The van der Waals surface area contributed by atoms with Crippen LogP contribution in [0.4, 0.5) is 4.39 Å². The predicted octanol–water partition coefficient (Wildman–Crippen LogP) is 1.26. The van der Waals surface area contributed by atoms with Crippen LogP contribution in [0, 0.1) is 0 Å². The van der Waals surface area contributed by atoms with Crippen molar-refractivity contribution in [3.8, 4) is 0 Å². The topological polar surface area (TPSA) is 21.3 Å². The average molecular weight is 173 g/mol. The summed E-state index contributed by atoms with van der Waals surface area (Å²) in [5.41, 5.74) is -0.323. The Kier molecular flexibility index (Phi) is 2.33. The van der Waals surface area contributed by atoms with E-state index in [2.05, 4.69) is 5.32 Å². The normalized spacial score (nSPS) is 43.2. The summed E-state index contributed by atoms with van der Waals surface area (Å²) in [7, 11) is 0. The number of piperidine rings is 1. The van der Waals surface area contributed by atoms with Gasteiger partial charge >= 0.3 is 0 Å². The molecule has 3 heteroatoms. The van der Waals surface area contributed by atoms with Crippen LogP contribution in [-0.4, -0.2) is 31.5 Å². The molecule has 2 saturated heterocycles. The largest absolute Gasteiger partial charge is 0.379 e. The molecule has 2 nitrogen and oxygen atoms in total. The maximum atomic E-state index is 13.6. The third-order valence-electron chi connectivity index (χ3n) is 3.00. The molecule has 1 spiro atoms. The zero-order valence-corrected chi connectivity index (χ0v) is 7.31. The Bertz CT molecular complexity index is 148. The van der Waals surface area contributed by atoms with E-state index in [1.54, 1.807) is 0 Å². The summed E-state index contributed by atoms with van der Waals surface area (Å²) in [4.78, 5) is 0. The van der Waals surface area contributed by atoms with Crippen LogP contribution in [0.15, 0.2) is 0 Å². The molecule has 0 saturated carbocycles. The van der Waals surface area contributed by atoms with Gasteiger partial charge in [0, 0.05) is 13.0 Å². The van der Waals surface area contributed by atoms with Gasteiger partial charge in [-0.3, -0.25) is 0 Å². The molecule has 0 aromatic heterocycles. The van der Waals surface area contributed by atoms with Crippen molar-refractivity contribution in [2.24, 2.45) is 0 Å². The number of rotatable bonds is 0. The standard InChI is InChI=1S/C9H16FNO/c10-8-3-6-12-7-9(8)4-1-2-5-11-9/h8,11H,1-7H2. The zero-order valence-electron chi connectivity index (χ0n) is 7.31. The summed E-state index contributed by atoms with van der Waals surface area (Å²) >= 11 is 0. The van der Waals surface area contributed by atoms with Gasteiger partial charge in [-0.05, 0) is 19.4 Å². The quantitative estimate of drug-likeness (QED) is 0.595. The Morgan fingerprint density at radius 3 is 3.00 bits per heavy atom. The molecule has 0 bridgehead atoms.